The number of ether oxygens (including phenoxy) is 1. The summed E-state index contributed by atoms with van der Waals surface area (Å²) < 4.78 is 4.86. The van der Waals surface area contributed by atoms with Crippen molar-refractivity contribution in [3.8, 4) is 0 Å². The molecule has 6 nitrogen and oxygen atoms in total. The molecular weight excluding hydrogens is 320 g/mol. The van der Waals surface area contributed by atoms with Gasteiger partial charge in [-0.3, -0.25) is 14.9 Å². The Morgan fingerprint density at radius 2 is 1.72 bits per heavy atom. The number of nitro benzene ring substituents is 1. The highest BCUT2D eigenvalue weighted by Crippen LogP contribution is 2.14. The number of rotatable bonds is 13. The number of unbranched alkanes of at least 4 members (excludes halogenated alkanes) is 6. The van der Waals surface area contributed by atoms with Gasteiger partial charge in [0.2, 0.25) is 0 Å². The average Bonchev–Trinajstić information content (AvgIpc) is 2.62. The molecule has 0 aliphatic carbocycles. The summed E-state index contributed by atoms with van der Waals surface area (Å²) in [7, 11) is 1.38. The lowest BCUT2D eigenvalue weighted by molar-refractivity contribution is -0.384. The van der Waals surface area contributed by atoms with Gasteiger partial charge in [-0.05, 0) is 24.9 Å². The lowest BCUT2D eigenvalue weighted by atomic mass is 10.0. The van der Waals surface area contributed by atoms with Gasteiger partial charge in [0, 0.05) is 12.1 Å². The van der Waals surface area contributed by atoms with E-state index in [0.717, 1.165) is 24.9 Å². The molecule has 0 heterocycles. The summed E-state index contributed by atoms with van der Waals surface area (Å²) >= 11 is 0. The number of hydrogen-bond donors (Lipinski definition) is 1. The number of hydrogen-bond acceptors (Lipinski definition) is 5. The molecule has 1 atom stereocenters. The lowest BCUT2D eigenvalue weighted by Crippen LogP contribution is -2.40. The van der Waals surface area contributed by atoms with Crippen molar-refractivity contribution in [2.75, 3.05) is 13.7 Å². The number of benzene rings is 1. The molecule has 6 heteroatoms. The molecule has 0 aromatic heterocycles. The molecular formula is C19H30N2O4. The Morgan fingerprint density at radius 3 is 2.28 bits per heavy atom. The van der Waals surface area contributed by atoms with Crippen LogP contribution in [0.25, 0.3) is 0 Å². The summed E-state index contributed by atoms with van der Waals surface area (Å²) in [6.07, 6.45) is 9.00. The van der Waals surface area contributed by atoms with Crippen LogP contribution in [0.3, 0.4) is 0 Å². The van der Waals surface area contributed by atoms with Gasteiger partial charge in [-0.15, -0.1) is 0 Å². The predicted molar refractivity (Wildman–Crippen MR) is 98.6 cm³/mol. The Hall–Kier alpha value is -1.95. The standard InChI is InChI=1S/C19H30N2O4/c1-3-4-5-6-7-8-9-14-20-18(19(22)25-2)15-16-10-12-17(13-11-16)21(23)24/h10-13,18,20H,3-9,14-15H2,1-2H3/t18-/m0/s1. The minimum absolute atomic E-state index is 0.0504. The van der Waals surface area contributed by atoms with Crippen LogP contribution in [-0.4, -0.2) is 30.6 Å². The van der Waals surface area contributed by atoms with Gasteiger partial charge in [0.1, 0.15) is 6.04 Å². The van der Waals surface area contributed by atoms with Crippen LogP contribution in [0.5, 0.6) is 0 Å². The normalized spacial score (nSPS) is 11.9. The van der Waals surface area contributed by atoms with Gasteiger partial charge >= 0.3 is 5.97 Å². The highest BCUT2D eigenvalue weighted by molar-refractivity contribution is 5.76. The Labute approximate surface area is 150 Å². The molecule has 0 unspecified atom stereocenters. The number of non-ortho nitro benzene ring substituents is 1. The van der Waals surface area contributed by atoms with Crippen molar-refractivity contribution < 1.29 is 14.5 Å². The predicted octanol–water partition coefficient (Wildman–Crippen LogP) is 4.02. The zero-order valence-electron chi connectivity index (χ0n) is 15.3. The maximum atomic E-state index is 11.9. The first-order valence-electron chi connectivity index (χ1n) is 9.13. The summed E-state index contributed by atoms with van der Waals surface area (Å²) in [6, 6.07) is 5.86. The summed E-state index contributed by atoms with van der Waals surface area (Å²) in [5.41, 5.74) is 0.919. The molecule has 0 amide bonds. The molecule has 0 bridgehead atoms. The fourth-order valence-electron chi connectivity index (χ4n) is 2.73. The van der Waals surface area contributed by atoms with Crippen LogP contribution in [0.2, 0.25) is 0 Å². The van der Waals surface area contributed by atoms with Crippen molar-refractivity contribution in [2.24, 2.45) is 0 Å². The Kier molecular flexibility index (Phi) is 10.5. The van der Waals surface area contributed by atoms with E-state index >= 15 is 0 Å². The zero-order chi connectivity index (χ0) is 18.5. The molecule has 1 N–H and O–H groups in total. The maximum Gasteiger partial charge on any atom is 0.323 e. The Bertz CT molecular complexity index is 517. The molecule has 0 fully saturated rings. The zero-order valence-corrected chi connectivity index (χ0v) is 15.3. The van der Waals surface area contributed by atoms with Crippen LogP contribution >= 0.6 is 0 Å². The smallest absolute Gasteiger partial charge is 0.323 e. The van der Waals surface area contributed by atoms with Crippen molar-refractivity contribution in [3.63, 3.8) is 0 Å². The SMILES string of the molecule is CCCCCCCCCN[C@@H](Cc1ccc([N+](=O)[O-])cc1)C(=O)OC. The number of nitro groups is 1. The summed E-state index contributed by atoms with van der Waals surface area (Å²) in [6.45, 7) is 2.97. The Balaban J connectivity index is 2.39. The number of methoxy groups -OCH3 is 1. The molecule has 1 aromatic rings. The van der Waals surface area contributed by atoms with Crippen LogP contribution in [0.4, 0.5) is 5.69 Å². The minimum Gasteiger partial charge on any atom is -0.468 e. The van der Waals surface area contributed by atoms with Crippen LogP contribution < -0.4 is 5.32 Å². The van der Waals surface area contributed by atoms with Gasteiger partial charge in [-0.1, -0.05) is 57.6 Å². The third-order valence-electron chi connectivity index (χ3n) is 4.24. The van der Waals surface area contributed by atoms with Gasteiger partial charge in [0.15, 0.2) is 0 Å². The van der Waals surface area contributed by atoms with Crippen molar-refractivity contribution >= 4 is 11.7 Å². The van der Waals surface area contributed by atoms with E-state index in [4.69, 9.17) is 4.74 Å². The summed E-state index contributed by atoms with van der Waals surface area (Å²) in [5.74, 6) is -0.304. The second-order valence-corrected chi connectivity index (χ2v) is 6.28. The molecule has 0 spiro atoms. The highest BCUT2D eigenvalue weighted by Gasteiger charge is 2.19. The minimum atomic E-state index is -0.430. The van der Waals surface area contributed by atoms with Crippen molar-refractivity contribution in [2.45, 2.75) is 64.3 Å². The molecule has 1 aromatic carbocycles. The molecule has 140 valence electrons. The van der Waals surface area contributed by atoms with Crippen molar-refractivity contribution in [1.29, 1.82) is 0 Å². The second-order valence-electron chi connectivity index (χ2n) is 6.28. The molecule has 1 rings (SSSR count). The van der Waals surface area contributed by atoms with Gasteiger partial charge in [0.05, 0.1) is 12.0 Å². The van der Waals surface area contributed by atoms with Crippen LogP contribution in [0.15, 0.2) is 24.3 Å². The third kappa shape index (κ3) is 8.63. The molecule has 25 heavy (non-hydrogen) atoms. The fraction of sp³-hybridized carbons (Fsp3) is 0.632. The number of carbonyl (C=O) groups excluding carboxylic acids is 1. The van der Waals surface area contributed by atoms with E-state index in [0.29, 0.717) is 6.42 Å². The monoisotopic (exact) mass is 350 g/mol. The quantitative estimate of drug-likeness (QED) is 0.251. The lowest BCUT2D eigenvalue weighted by Gasteiger charge is -2.16. The van der Waals surface area contributed by atoms with Crippen LogP contribution in [0, 0.1) is 10.1 Å². The van der Waals surface area contributed by atoms with E-state index in [1.165, 1.54) is 51.3 Å². The van der Waals surface area contributed by atoms with E-state index in [2.05, 4.69) is 12.2 Å². The maximum absolute atomic E-state index is 11.9. The summed E-state index contributed by atoms with van der Waals surface area (Å²) in [5, 5.41) is 13.9. The first-order valence-corrected chi connectivity index (χ1v) is 9.13. The molecule has 0 saturated heterocycles. The number of nitrogens with one attached hydrogen (secondary N) is 1. The van der Waals surface area contributed by atoms with Crippen molar-refractivity contribution in [3.05, 3.63) is 39.9 Å². The first-order chi connectivity index (χ1) is 12.1. The molecule has 0 aliphatic heterocycles. The van der Waals surface area contributed by atoms with Crippen LogP contribution in [-0.2, 0) is 16.0 Å². The molecule has 0 aliphatic rings. The highest BCUT2D eigenvalue weighted by atomic mass is 16.6. The first kappa shape index (κ1) is 21.1. The molecule has 0 saturated carbocycles. The van der Waals surface area contributed by atoms with E-state index in [-0.39, 0.29) is 11.7 Å². The van der Waals surface area contributed by atoms with E-state index < -0.39 is 11.0 Å². The van der Waals surface area contributed by atoms with E-state index in [9.17, 15) is 14.9 Å². The van der Waals surface area contributed by atoms with E-state index in [1.54, 1.807) is 12.1 Å². The number of carbonyl (C=O) groups is 1. The van der Waals surface area contributed by atoms with E-state index in [1.807, 2.05) is 0 Å². The number of nitrogens with zero attached hydrogens (tertiary/aromatic N) is 1. The third-order valence-corrected chi connectivity index (χ3v) is 4.24. The van der Waals surface area contributed by atoms with Crippen molar-refractivity contribution in [1.82, 2.24) is 5.32 Å². The largest absolute Gasteiger partial charge is 0.468 e. The second kappa shape index (κ2) is 12.4. The van der Waals surface area contributed by atoms with Gasteiger partial charge in [-0.2, -0.15) is 0 Å². The Morgan fingerprint density at radius 1 is 1.12 bits per heavy atom. The van der Waals surface area contributed by atoms with Gasteiger partial charge in [-0.25, -0.2) is 0 Å². The fourth-order valence-corrected chi connectivity index (χ4v) is 2.73. The van der Waals surface area contributed by atoms with Gasteiger partial charge < -0.3 is 10.1 Å². The molecule has 0 radical (unpaired) electrons. The number of esters is 1. The van der Waals surface area contributed by atoms with Crippen LogP contribution in [0.1, 0.15) is 57.4 Å². The van der Waals surface area contributed by atoms with Gasteiger partial charge in [0.25, 0.3) is 5.69 Å². The topological polar surface area (TPSA) is 81.5 Å². The summed E-state index contributed by atoms with van der Waals surface area (Å²) in [4.78, 5) is 22.2. The average molecular weight is 350 g/mol.